The van der Waals surface area contributed by atoms with Crippen LogP contribution in [0.4, 0.5) is 0 Å². The lowest BCUT2D eigenvalue weighted by molar-refractivity contribution is 0.896. The fraction of sp³-hybridized carbons (Fsp3) is 0.0526. The predicted molar refractivity (Wildman–Crippen MR) is 89.0 cm³/mol. The molecule has 0 amide bonds. The van der Waals surface area contributed by atoms with Gasteiger partial charge in [-0.3, -0.25) is 4.98 Å². The predicted octanol–water partition coefficient (Wildman–Crippen LogP) is 4.40. The summed E-state index contributed by atoms with van der Waals surface area (Å²) in [7, 11) is 0. The molecule has 0 saturated carbocycles. The molecule has 2 aromatic carbocycles. The van der Waals surface area contributed by atoms with Crippen molar-refractivity contribution in [2.24, 2.45) is 0 Å². The molecule has 3 nitrogen and oxygen atoms in total. The fourth-order valence-electron chi connectivity index (χ4n) is 2.65. The Morgan fingerprint density at radius 1 is 0.864 bits per heavy atom. The van der Waals surface area contributed by atoms with E-state index in [4.69, 9.17) is 10.1 Å². The van der Waals surface area contributed by atoms with Crippen LogP contribution in [-0.2, 0) is 0 Å². The van der Waals surface area contributed by atoms with Gasteiger partial charge in [0.05, 0.1) is 16.9 Å². The highest BCUT2D eigenvalue weighted by Gasteiger charge is 2.09. The quantitative estimate of drug-likeness (QED) is 0.546. The number of nitrogens with zero attached hydrogens (tertiary/aromatic N) is 3. The molecule has 0 aliphatic carbocycles. The molecular formula is C19H15N3. The zero-order chi connectivity index (χ0) is 14.9. The minimum absolute atomic E-state index is 0.962. The van der Waals surface area contributed by atoms with Gasteiger partial charge in [0.1, 0.15) is 0 Å². The van der Waals surface area contributed by atoms with Gasteiger partial charge in [-0.2, -0.15) is 5.10 Å². The van der Waals surface area contributed by atoms with Gasteiger partial charge in [-0.1, -0.05) is 48.5 Å². The Kier molecular flexibility index (Phi) is 2.97. The van der Waals surface area contributed by atoms with Crippen LogP contribution in [0, 0.1) is 6.92 Å². The molecule has 0 saturated heterocycles. The molecule has 0 N–H and O–H groups in total. The summed E-state index contributed by atoms with van der Waals surface area (Å²) in [4.78, 5) is 4.73. The van der Waals surface area contributed by atoms with Crippen molar-refractivity contribution >= 4 is 10.9 Å². The molecule has 0 atom stereocenters. The van der Waals surface area contributed by atoms with E-state index < -0.39 is 0 Å². The number of para-hydroxylation sites is 1. The Morgan fingerprint density at radius 3 is 2.27 bits per heavy atom. The average Bonchev–Trinajstić information content (AvgIpc) is 3.01. The summed E-state index contributed by atoms with van der Waals surface area (Å²) in [5.41, 5.74) is 5.10. The summed E-state index contributed by atoms with van der Waals surface area (Å²) >= 11 is 0. The number of hydrogen-bond donors (Lipinski definition) is 0. The summed E-state index contributed by atoms with van der Waals surface area (Å²) in [5.74, 6) is 0. The third-order valence-electron chi connectivity index (χ3n) is 3.78. The van der Waals surface area contributed by atoms with Crippen LogP contribution in [0.15, 0.2) is 72.9 Å². The van der Waals surface area contributed by atoms with Gasteiger partial charge in [0, 0.05) is 22.8 Å². The van der Waals surface area contributed by atoms with Crippen LogP contribution < -0.4 is 0 Å². The monoisotopic (exact) mass is 285 g/mol. The molecule has 2 heterocycles. The molecule has 0 aliphatic rings. The maximum atomic E-state index is 4.73. The highest BCUT2D eigenvalue weighted by molar-refractivity contribution is 5.84. The Hall–Kier alpha value is -2.94. The van der Waals surface area contributed by atoms with E-state index in [0.29, 0.717) is 0 Å². The van der Waals surface area contributed by atoms with Crippen LogP contribution in [0.5, 0.6) is 0 Å². The maximum Gasteiger partial charge on any atom is 0.0967 e. The topological polar surface area (TPSA) is 30.7 Å². The van der Waals surface area contributed by atoms with Crippen molar-refractivity contribution in [1.82, 2.24) is 14.8 Å². The highest BCUT2D eigenvalue weighted by Crippen LogP contribution is 2.24. The molecule has 0 spiro atoms. The van der Waals surface area contributed by atoms with Gasteiger partial charge in [-0.15, -0.1) is 0 Å². The molecule has 106 valence electrons. The van der Waals surface area contributed by atoms with Crippen LogP contribution in [0.1, 0.15) is 5.69 Å². The largest absolute Gasteiger partial charge is 0.252 e. The molecule has 0 bridgehead atoms. The van der Waals surface area contributed by atoms with Gasteiger partial charge in [-0.25, -0.2) is 4.68 Å². The molecule has 0 aliphatic heterocycles. The minimum Gasteiger partial charge on any atom is -0.252 e. The van der Waals surface area contributed by atoms with Crippen molar-refractivity contribution < 1.29 is 0 Å². The molecule has 3 heteroatoms. The second kappa shape index (κ2) is 5.11. The summed E-state index contributed by atoms with van der Waals surface area (Å²) < 4.78 is 1.91. The van der Waals surface area contributed by atoms with Gasteiger partial charge < -0.3 is 0 Å². The number of hydrogen-bond acceptors (Lipinski definition) is 2. The summed E-state index contributed by atoms with van der Waals surface area (Å²) in [6.07, 6.45) is 2.04. The van der Waals surface area contributed by atoms with Crippen LogP contribution in [0.2, 0.25) is 0 Å². The van der Waals surface area contributed by atoms with Gasteiger partial charge >= 0.3 is 0 Å². The Balaban J connectivity index is 1.88. The normalized spacial score (nSPS) is 11.0. The van der Waals surface area contributed by atoms with E-state index in [9.17, 15) is 0 Å². The van der Waals surface area contributed by atoms with Crippen molar-refractivity contribution in [3.8, 4) is 16.9 Å². The zero-order valence-electron chi connectivity index (χ0n) is 12.3. The molecule has 0 radical (unpaired) electrons. The Bertz CT molecular complexity index is 925. The van der Waals surface area contributed by atoms with E-state index >= 15 is 0 Å². The van der Waals surface area contributed by atoms with Gasteiger partial charge in [-0.05, 0) is 25.1 Å². The molecule has 4 rings (SSSR count). The smallest absolute Gasteiger partial charge is 0.0967 e. The van der Waals surface area contributed by atoms with Crippen LogP contribution in [-0.4, -0.2) is 14.8 Å². The van der Waals surface area contributed by atoms with Gasteiger partial charge in [0.2, 0.25) is 0 Å². The van der Waals surface area contributed by atoms with Crippen LogP contribution >= 0.6 is 0 Å². The summed E-state index contributed by atoms with van der Waals surface area (Å²) in [5, 5.41) is 5.79. The number of benzene rings is 2. The van der Waals surface area contributed by atoms with E-state index in [1.807, 2.05) is 66.3 Å². The fourth-order valence-corrected chi connectivity index (χ4v) is 2.65. The molecule has 0 unspecified atom stereocenters. The molecule has 0 fully saturated rings. The summed E-state index contributed by atoms with van der Waals surface area (Å²) in [6.45, 7) is 2.03. The van der Waals surface area contributed by atoms with Gasteiger partial charge in [0.15, 0.2) is 0 Å². The van der Waals surface area contributed by atoms with Crippen molar-refractivity contribution in [2.45, 2.75) is 6.92 Å². The lowest BCUT2D eigenvalue weighted by atomic mass is 10.1. The van der Waals surface area contributed by atoms with E-state index in [0.717, 1.165) is 33.5 Å². The number of aryl methyl sites for hydroxylation is 1. The minimum atomic E-state index is 0.962. The number of fused-ring (bicyclic) bond motifs is 1. The maximum absolute atomic E-state index is 4.73. The van der Waals surface area contributed by atoms with E-state index in [-0.39, 0.29) is 0 Å². The van der Waals surface area contributed by atoms with Crippen molar-refractivity contribution in [3.63, 3.8) is 0 Å². The van der Waals surface area contributed by atoms with Crippen molar-refractivity contribution in [3.05, 3.63) is 78.6 Å². The first-order valence-electron chi connectivity index (χ1n) is 7.29. The number of rotatable bonds is 2. The lowest BCUT2D eigenvalue weighted by Gasteiger charge is -2.02. The Labute approximate surface area is 128 Å². The highest BCUT2D eigenvalue weighted by atomic mass is 15.3. The van der Waals surface area contributed by atoms with Gasteiger partial charge in [0.25, 0.3) is 0 Å². The SMILES string of the molecule is Cc1nc(-c2ccccc2)cc2nn(-c3ccccc3)cc12. The second-order valence-electron chi connectivity index (χ2n) is 5.30. The second-order valence-corrected chi connectivity index (χ2v) is 5.30. The lowest BCUT2D eigenvalue weighted by Crippen LogP contribution is -1.92. The molecule has 22 heavy (non-hydrogen) atoms. The first-order chi connectivity index (χ1) is 10.8. The van der Waals surface area contributed by atoms with Crippen molar-refractivity contribution in [2.75, 3.05) is 0 Å². The van der Waals surface area contributed by atoms with E-state index in [2.05, 4.69) is 18.2 Å². The first kappa shape index (κ1) is 12.8. The number of aromatic nitrogens is 3. The molecule has 4 aromatic rings. The standard InChI is InChI=1S/C19H15N3/c1-14-17-13-22(16-10-6-3-7-11-16)21-19(17)12-18(20-14)15-8-4-2-5-9-15/h2-13H,1H3. The third-order valence-corrected chi connectivity index (χ3v) is 3.78. The van der Waals surface area contributed by atoms with Crippen LogP contribution in [0.3, 0.4) is 0 Å². The first-order valence-corrected chi connectivity index (χ1v) is 7.29. The molecular weight excluding hydrogens is 270 g/mol. The average molecular weight is 285 g/mol. The third kappa shape index (κ3) is 2.17. The molecule has 2 aromatic heterocycles. The van der Waals surface area contributed by atoms with Crippen LogP contribution in [0.25, 0.3) is 27.8 Å². The Morgan fingerprint density at radius 2 is 1.55 bits per heavy atom. The van der Waals surface area contributed by atoms with Crippen molar-refractivity contribution in [1.29, 1.82) is 0 Å². The number of pyridine rings is 1. The van der Waals surface area contributed by atoms with E-state index in [1.54, 1.807) is 0 Å². The van der Waals surface area contributed by atoms with E-state index in [1.165, 1.54) is 0 Å². The zero-order valence-corrected chi connectivity index (χ0v) is 12.3. The summed E-state index contributed by atoms with van der Waals surface area (Å²) in [6, 6.07) is 22.4.